The van der Waals surface area contributed by atoms with E-state index in [1.54, 1.807) is 0 Å². The largest absolute Gasteiger partial charge is 0.326 e. The molecule has 1 aromatic rings. The van der Waals surface area contributed by atoms with Gasteiger partial charge < -0.3 is 11.1 Å². The molecule has 1 amide bonds. The first-order chi connectivity index (χ1) is 7.29. The molecule has 0 saturated heterocycles. The lowest BCUT2D eigenvalue weighted by atomic mass is 10.0. The highest BCUT2D eigenvalue weighted by atomic mass is 35.5. The highest BCUT2D eigenvalue weighted by Gasteiger charge is 2.17. The number of rotatable bonds is 3. The summed E-state index contributed by atoms with van der Waals surface area (Å²) in [6, 6.07) is 5.94. The quantitative estimate of drug-likeness (QED) is 0.874. The van der Waals surface area contributed by atoms with Gasteiger partial charge in [-0.05, 0) is 38.8 Å². The Kier molecular flexibility index (Phi) is 5.66. The van der Waals surface area contributed by atoms with Gasteiger partial charge in [0.1, 0.15) is 0 Å². The number of benzene rings is 1. The Morgan fingerprint density at radius 3 is 2.18 bits per heavy atom. The Balaban J connectivity index is 0.00000256. The molecule has 0 bridgehead atoms. The fourth-order valence-corrected chi connectivity index (χ4v) is 1.61. The molecule has 1 aromatic carbocycles. The van der Waals surface area contributed by atoms with Crippen molar-refractivity contribution in [2.75, 3.05) is 5.32 Å². The second kappa shape index (κ2) is 6.03. The van der Waals surface area contributed by atoms with Crippen LogP contribution in [0.3, 0.4) is 0 Å². The molecular weight excluding hydrogens is 236 g/mol. The number of hydrogen-bond donors (Lipinski definition) is 2. The van der Waals surface area contributed by atoms with Crippen molar-refractivity contribution < 1.29 is 4.79 Å². The number of amides is 1. The summed E-state index contributed by atoms with van der Waals surface area (Å²) >= 11 is 0. The smallest absolute Gasteiger partial charge is 0.226 e. The highest BCUT2D eigenvalue weighted by molar-refractivity contribution is 5.92. The number of carbonyl (C=O) groups is 1. The molecule has 96 valence electrons. The van der Waals surface area contributed by atoms with E-state index in [-0.39, 0.29) is 18.3 Å². The van der Waals surface area contributed by atoms with Gasteiger partial charge in [0.05, 0.1) is 0 Å². The third-order valence-electron chi connectivity index (χ3n) is 2.36. The van der Waals surface area contributed by atoms with Crippen LogP contribution in [0.25, 0.3) is 0 Å². The van der Waals surface area contributed by atoms with E-state index in [1.807, 2.05) is 45.9 Å². The van der Waals surface area contributed by atoms with Crippen molar-refractivity contribution >= 4 is 24.0 Å². The Hall–Kier alpha value is -1.06. The first kappa shape index (κ1) is 15.9. The molecule has 0 radical (unpaired) electrons. The predicted octanol–water partition coefficient (Wildman–Crippen LogP) is 2.79. The van der Waals surface area contributed by atoms with E-state index in [1.165, 1.54) is 0 Å². The molecular formula is C13H21ClN2O. The number of hydrogen-bond acceptors (Lipinski definition) is 2. The van der Waals surface area contributed by atoms with Crippen LogP contribution in [0.1, 0.15) is 31.4 Å². The fourth-order valence-electron chi connectivity index (χ4n) is 1.61. The van der Waals surface area contributed by atoms with Gasteiger partial charge in [-0.3, -0.25) is 4.79 Å². The minimum Gasteiger partial charge on any atom is -0.326 e. The van der Waals surface area contributed by atoms with Crippen LogP contribution in [-0.2, 0) is 4.79 Å². The molecule has 0 heterocycles. The molecule has 3 nitrogen and oxygen atoms in total. The van der Waals surface area contributed by atoms with E-state index < -0.39 is 5.54 Å². The molecule has 0 fully saturated rings. The lowest BCUT2D eigenvalue weighted by Crippen LogP contribution is -2.36. The second-order valence-electron chi connectivity index (χ2n) is 4.98. The highest BCUT2D eigenvalue weighted by Crippen LogP contribution is 2.20. The van der Waals surface area contributed by atoms with Crippen LogP contribution >= 0.6 is 12.4 Å². The number of nitrogens with one attached hydrogen (secondary N) is 1. The van der Waals surface area contributed by atoms with Gasteiger partial charge in [-0.25, -0.2) is 0 Å². The van der Waals surface area contributed by atoms with E-state index in [4.69, 9.17) is 5.73 Å². The van der Waals surface area contributed by atoms with E-state index in [0.717, 1.165) is 16.8 Å². The van der Waals surface area contributed by atoms with Gasteiger partial charge in [0.15, 0.2) is 0 Å². The van der Waals surface area contributed by atoms with Crippen molar-refractivity contribution in [2.45, 2.75) is 39.7 Å². The zero-order valence-corrected chi connectivity index (χ0v) is 11.6. The number of aryl methyl sites for hydroxylation is 2. The third-order valence-corrected chi connectivity index (χ3v) is 2.36. The van der Waals surface area contributed by atoms with Crippen molar-refractivity contribution in [3.8, 4) is 0 Å². The molecule has 1 rings (SSSR count). The van der Waals surface area contributed by atoms with Crippen LogP contribution in [0.5, 0.6) is 0 Å². The van der Waals surface area contributed by atoms with Gasteiger partial charge in [0, 0.05) is 17.6 Å². The minimum atomic E-state index is -0.472. The summed E-state index contributed by atoms with van der Waals surface area (Å²) in [5, 5.41) is 2.92. The van der Waals surface area contributed by atoms with Gasteiger partial charge in [-0.15, -0.1) is 12.4 Å². The zero-order chi connectivity index (χ0) is 12.3. The van der Waals surface area contributed by atoms with Crippen LogP contribution in [0.2, 0.25) is 0 Å². The van der Waals surface area contributed by atoms with Gasteiger partial charge in [-0.2, -0.15) is 0 Å². The lowest BCUT2D eigenvalue weighted by Gasteiger charge is -2.18. The van der Waals surface area contributed by atoms with Crippen molar-refractivity contribution in [2.24, 2.45) is 5.73 Å². The maximum absolute atomic E-state index is 11.7. The molecule has 0 aromatic heterocycles. The summed E-state index contributed by atoms with van der Waals surface area (Å²) in [6.45, 7) is 7.65. The number of anilines is 1. The summed E-state index contributed by atoms with van der Waals surface area (Å²) in [7, 11) is 0. The van der Waals surface area contributed by atoms with Crippen molar-refractivity contribution in [3.63, 3.8) is 0 Å². The minimum absolute atomic E-state index is 0. The summed E-state index contributed by atoms with van der Waals surface area (Å²) in [6.07, 6.45) is 0.320. The van der Waals surface area contributed by atoms with Gasteiger partial charge in [0.25, 0.3) is 0 Å². The molecule has 4 heteroatoms. The first-order valence-electron chi connectivity index (χ1n) is 5.44. The van der Waals surface area contributed by atoms with E-state index in [0.29, 0.717) is 6.42 Å². The van der Waals surface area contributed by atoms with Crippen LogP contribution < -0.4 is 11.1 Å². The molecule has 17 heavy (non-hydrogen) atoms. The molecule has 0 aliphatic carbocycles. The third kappa shape index (κ3) is 5.20. The summed E-state index contributed by atoms with van der Waals surface area (Å²) in [4.78, 5) is 11.7. The molecule has 3 N–H and O–H groups in total. The average Bonchev–Trinajstić information content (AvgIpc) is 2.08. The average molecular weight is 257 g/mol. The van der Waals surface area contributed by atoms with E-state index in [9.17, 15) is 4.79 Å². The summed E-state index contributed by atoms with van der Waals surface area (Å²) in [5.74, 6) is -0.0371. The second-order valence-corrected chi connectivity index (χ2v) is 4.98. The summed E-state index contributed by atoms with van der Waals surface area (Å²) in [5.41, 5.74) is 8.38. The summed E-state index contributed by atoms with van der Waals surface area (Å²) < 4.78 is 0. The monoisotopic (exact) mass is 256 g/mol. The van der Waals surface area contributed by atoms with E-state index in [2.05, 4.69) is 5.32 Å². The molecule has 0 aliphatic heterocycles. The molecule has 0 unspecified atom stereocenters. The zero-order valence-electron chi connectivity index (χ0n) is 10.8. The topological polar surface area (TPSA) is 55.1 Å². The van der Waals surface area contributed by atoms with Gasteiger partial charge >= 0.3 is 0 Å². The fraction of sp³-hybridized carbons (Fsp3) is 0.462. The van der Waals surface area contributed by atoms with Crippen LogP contribution in [0.4, 0.5) is 5.69 Å². The van der Waals surface area contributed by atoms with Crippen LogP contribution in [0, 0.1) is 13.8 Å². The SMILES string of the molecule is Cc1cccc(C)c1NC(=O)CC(C)(C)N.Cl. The number of para-hydroxylation sites is 1. The van der Waals surface area contributed by atoms with E-state index >= 15 is 0 Å². The Morgan fingerprint density at radius 1 is 1.29 bits per heavy atom. The van der Waals surface area contributed by atoms with Crippen LogP contribution in [-0.4, -0.2) is 11.4 Å². The maximum atomic E-state index is 11.7. The lowest BCUT2D eigenvalue weighted by molar-refractivity contribution is -0.117. The molecule has 0 spiro atoms. The standard InChI is InChI=1S/C13H20N2O.ClH/c1-9-6-5-7-10(2)12(9)15-11(16)8-13(3,4)14;/h5-7H,8,14H2,1-4H3,(H,15,16);1H. The number of carbonyl (C=O) groups excluding carboxylic acids is 1. The van der Waals surface area contributed by atoms with Crippen molar-refractivity contribution in [3.05, 3.63) is 29.3 Å². The van der Waals surface area contributed by atoms with Crippen molar-refractivity contribution in [1.82, 2.24) is 0 Å². The van der Waals surface area contributed by atoms with Gasteiger partial charge in [-0.1, -0.05) is 18.2 Å². The normalized spacial score (nSPS) is 10.6. The Labute approximate surface area is 109 Å². The predicted molar refractivity (Wildman–Crippen MR) is 74.7 cm³/mol. The van der Waals surface area contributed by atoms with Gasteiger partial charge in [0.2, 0.25) is 5.91 Å². The Morgan fingerprint density at radius 2 is 1.76 bits per heavy atom. The molecule has 0 aliphatic rings. The maximum Gasteiger partial charge on any atom is 0.226 e. The van der Waals surface area contributed by atoms with Crippen molar-refractivity contribution in [1.29, 1.82) is 0 Å². The Bertz CT molecular complexity index is 377. The molecule has 0 atom stereocenters. The number of nitrogens with two attached hydrogens (primary N) is 1. The number of halogens is 1. The molecule has 0 saturated carbocycles. The van der Waals surface area contributed by atoms with Crippen LogP contribution in [0.15, 0.2) is 18.2 Å². The first-order valence-corrected chi connectivity index (χ1v) is 5.44.